The minimum absolute atomic E-state index is 0.0706. The molecule has 2 rings (SSSR count). The van der Waals surface area contributed by atoms with Gasteiger partial charge in [0, 0.05) is 18.0 Å². The molecule has 1 amide bonds. The first-order valence-electron chi connectivity index (χ1n) is 8.66. The first-order valence-corrected chi connectivity index (χ1v) is 8.66. The van der Waals surface area contributed by atoms with E-state index in [1.807, 2.05) is 7.05 Å². The zero-order valence-electron chi connectivity index (χ0n) is 13.3. The molecule has 0 saturated heterocycles. The van der Waals surface area contributed by atoms with Gasteiger partial charge in [-0.3, -0.25) is 4.79 Å². The minimum atomic E-state index is 0.0706. The van der Waals surface area contributed by atoms with Crippen molar-refractivity contribution in [3.05, 3.63) is 0 Å². The number of carbonyl (C=O) groups is 1. The average molecular weight is 280 g/mol. The van der Waals surface area contributed by atoms with Crippen molar-refractivity contribution >= 4 is 5.91 Å². The average Bonchev–Trinajstić information content (AvgIpc) is 2.48. The third-order valence-corrected chi connectivity index (χ3v) is 5.57. The molecular formula is C17H32N2O. The lowest BCUT2D eigenvalue weighted by Crippen LogP contribution is -2.50. The molecule has 0 heterocycles. The van der Waals surface area contributed by atoms with Crippen molar-refractivity contribution < 1.29 is 4.79 Å². The predicted molar refractivity (Wildman–Crippen MR) is 83.7 cm³/mol. The highest BCUT2D eigenvalue weighted by molar-refractivity contribution is 5.77. The van der Waals surface area contributed by atoms with E-state index in [1.54, 1.807) is 0 Å². The second-order valence-electron chi connectivity index (χ2n) is 6.97. The topological polar surface area (TPSA) is 41.1 Å². The highest BCUT2D eigenvalue weighted by Crippen LogP contribution is 2.31. The normalized spacial score (nSPS) is 29.9. The quantitative estimate of drug-likeness (QED) is 0.810. The van der Waals surface area contributed by atoms with Crippen LogP contribution in [0.3, 0.4) is 0 Å². The molecule has 2 fully saturated rings. The van der Waals surface area contributed by atoms with Crippen molar-refractivity contribution in [1.82, 2.24) is 10.6 Å². The Morgan fingerprint density at radius 1 is 1.15 bits per heavy atom. The van der Waals surface area contributed by atoms with E-state index in [0.29, 0.717) is 12.5 Å². The van der Waals surface area contributed by atoms with Crippen LogP contribution >= 0.6 is 0 Å². The Labute approximate surface area is 124 Å². The summed E-state index contributed by atoms with van der Waals surface area (Å²) in [6.45, 7) is 2.27. The molecule has 2 N–H and O–H groups in total. The lowest BCUT2D eigenvalue weighted by molar-refractivity contribution is -0.123. The van der Waals surface area contributed by atoms with Gasteiger partial charge in [-0.15, -0.1) is 0 Å². The molecule has 2 atom stereocenters. The van der Waals surface area contributed by atoms with Crippen LogP contribution < -0.4 is 10.6 Å². The van der Waals surface area contributed by atoms with Gasteiger partial charge in [0.25, 0.3) is 0 Å². The zero-order chi connectivity index (χ0) is 14.4. The summed E-state index contributed by atoms with van der Waals surface area (Å²) in [5.41, 5.74) is 0.0706. The molecule has 2 aliphatic rings. The lowest BCUT2D eigenvalue weighted by atomic mass is 9.79. The van der Waals surface area contributed by atoms with Crippen LogP contribution in [0.15, 0.2) is 0 Å². The van der Waals surface area contributed by atoms with Gasteiger partial charge in [-0.1, -0.05) is 45.4 Å². The second kappa shape index (κ2) is 7.44. The third-order valence-electron chi connectivity index (χ3n) is 5.57. The van der Waals surface area contributed by atoms with Crippen molar-refractivity contribution in [1.29, 1.82) is 0 Å². The predicted octanol–water partition coefficient (Wildman–Crippen LogP) is 3.38. The fourth-order valence-corrected chi connectivity index (χ4v) is 4.12. The smallest absolute Gasteiger partial charge is 0.222 e. The van der Waals surface area contributed by atoms with Gasteiger partial charge in [0.05, 0.1) is 0 Å². The molecule has 0 aromatic carbocycles. The maximum absolute atomic E-state index is 12.4. The van der Waals surface area contributed by atoms with Gasteiger partial charge in [-0.25, -0.2) is 0 Å². The van der Waals surface area contributed by atoms with Crippen molar-refractivity contribution in [2.75, 3.05) is 7.05 Å². The standard InChI is InChI=1S/C17H32N2O/c1-3-14-8-7-9-15(12-14)19-16(20)13-17(18-2)10-5-4-6-11-17/h14-15,18H,3-13H2,1-2H3,(H,19,20). The Balaban J connectivity index is 1.81. The molecule has 0 spiro atoms. The van der Waals surface area contributed by atoms with E-state index in [2.05, 4.69) is 17.6 Å². The summed E-state index contributed by atoms with van der Waals surface area (Å²) in [5.74, 6) is 1.09. The number of rotatable bonds is 5. The Morgan fingerprint density at radius 2 is 1.90 bits per heavy atom. The number of hydrogen-bond donors (Lipinski definition) is 2. The summed E-state index contributed by atoms with van der Waals surface area (Å²) in [6, 6.07) is 0.429. The highest BCUT2D eigenvalue weighted by Gasteiger charge is 2.33. The molecule has 20 heavy (non-hydrogen) atoms. The maximum atomic E-state index is 12.4. The van der Waals surface area contributed by atoms with E-state index >= 15 is 0 Å². The molecule has 0 aliphatic heterocycles. The van der Waals surface area contributed by atoms with Crippen LogP contribution in [0.4, 0.5) is 0 Å². The first-order chi connectivity index (χ1) is 9.67. The number of nitrogens with one attached hydrogen (secondary N) is 2. The first kappa shape index (κ1) is 15.8. The lowest BCUT2D eigenvalue weighted by Gasteiger charge is -2.37. The van der Waals surface area contributed by atoms with Gasteiger partial charge in [0.1, 0.15) is 0 Å². The SMILES string of the molecule is CCC1CCCC(NC(=O)CC2(NC)CCCCC2)C1. The summed E-state index contributed by atoms with van der Waals surface area (Å²) in [4.78, 5) is 12.4. The molecule has 2 unspecified atom stereocenters. The van der Waals surface area contributed by atoms with Crippen molar-refractivity contribution in [3.8, 4) is 0 Å². The monoisotopic (exact) mass is 280 g/mol. The van der Waals surface area contributed by atoms with E-state index in [0.717, 1.165) is 18.8 Å². The number of amides is 1. The Morgan fingerprint density at radius 3 is 2.55 bits per heavy atom. The van der Waals surface area contributed by atoms with E-state index in [-0.39, 0.29) is 11.4 Å². The largest absolute Gasteiger partial charge is 0.353 e. The molecule has 2 saturated carbocycles. The molecule has 0 bridgehead atoms. The molecule has 0 radical (unpaired) electrons. The van der Waals surface area contributed by atoms with Crippen LogP contribution in [0.5, 0.6) is 0 Å². The van der Waals surface area contributed by atoms with E-state index in [4.69, 9.17) is 0 Å². The van der Waals surface area contributed by atoms with E-state index in [1.165, 1.54) is 51.4 Å². The van der Waals surface area contributed by atoms with Gasteiger partial charge in [0.2, 0.25) is 5.91 Å². The van der Waals surface area contributed by atoms with Crippen LogP contribution in [0.2, 0.25) is 0 Å². The minimum Gasteiger partial charge on any atom is -0.353 e. The van der Waals surface area contributed by atoms with Crippen LogP contribution in [-0.2, 0) is 4.79 Å². The number of carbonyl (C=O) groups excluding carboxylic acids is 1. The van der Waals surface area contributed by atoms with Crippen LogP contribution in [0, 0.1) is 5.92 Å². The van der Waals surface area contributed by atoms with Crippen LogP contribution in [-0.4, -0.2) is 24.5 Å². The van der Waals surface area contributed by atoms with Gasteiger partial charge < -0.3 is 10.6 Å². The van der Waals surface area contributed by atoms with Crippen molar-refractivity contribution in [2.24, 2.45) is 5.92 Å². The molecule has 2 aliphatic carbocycles. The molecule has 3 heteroatoms. The fourth-order valence-electron chi connectivity index (χ4n) is 4.12. The summed E-state index contributed by atoms with van der Waals surface area (Å²) >= 11 is 0. The summed E-state index contributed by atoms with van der Waals surface area (Å²) in [6.07, 6.45) is 13.1. The third kappa shape index (κ3) is 4.21. The fraction of sp³-hybridized carbons (Fsp3) is 0.941. The van der Waals surface area contributed by atoms with E-state index in [9.17, 15) is 4.79 Å². The molecule has 0 aromatic heterocycles. The molecule has 3 nitrogen and oxygen atoms in total. The summed E-state index contributed by atoms with van der Waals surface area (Å²) < 4.78 is 0. The Kier molecular flexibility index (Phi) is 5.88. The second-order valence-corrected chi connectivity index (χ2v) is 6.97. The number of hydrogen-bond acceptors (Lipinski definition) is 2. The highest BCUT2D eigenvalue weighted by atomic mass is 16.1. The Bertz CT molecular complexity index is 310. The molecule has 0 aromatic rings. The zero-order valence-corrected chi connectivity index (χ0v) is 13.3. The van der Waals surface area contributed by atoms with Gasteiger partial charge in [0.15, 0.2) is 0 Å². The summed E-state index contributed by atoms with van der Waals surface area (Å²) in [5, 5.41) is 6.76. The molecular weight excluding hydrogens is 248 g/mol. The Hall–Kier alpha value is -0.570. The van der Waals surface area contributed by atoms with Gasteiger partial charge in [-0.2, -0.15) is 0 Å². The van der Waals surface area contributed by atoms with Gasteiger partial charge in [-0.05, 0) is 38.6 Å². The van der Waals surface area contributed by atoms with Crippen molar-refractivity contribution in [2.45, 2.75) is 89.1 Å². The summed E-state index contributed by atoms with van der Waals surface area (Å²) in [7, 11) is 2.02. The maximum Gasteiger partial charge on any atom is 0.222 e. The van der Waals surface area contributed by atoms with Crippen molar-refractivity contribution in [3.63, 3.8) is 0 Å². The van der Waals surface area contributed by atoms with Gasteiger partial charge >= 0.3 is 0 Å². The van der Waals surface area contributed by atoms with Crippen LogP contribution in [0.25, 0.3) is 0 Å². The molecule has 116 valence electrons. The van der Waals surface area contributed by atoms with Crippen LogP contribution in [0.1, 0.15) is 77.6 Å². The van der Waals surface area contributed by atoms with E-state index < -0.39 is 0 Å².